The van der Waals surface area contributed by atoms with E-state index in [1.807, 2.05) is 40.6 Å². The zero-order chi connectivity index (χ0) is 24.1. The minimum absolute atomic E-state index is 0.00942. The highest BCUT2D eigenvalue weighted by molar-refractivity contribution is 7.09. The molecule has 0 saturated carbocycles. The van der Waals surface area contributed by atoms with Gasteiger partial charge in [-0.05, 0) is 48.4 Å². The Hall–Kier alpha value is -2.54. The molecule has 0 unspecified atom stereocenters. The summed E-state index contributed by atoms with van der Waals surface area (Å²) in [5.41, 5.74) is 1.07. The molecular formula is C26H38N2O4S. The predicted molar refractivity (Wildman–Crippen MR) is 134 cm³/mol. The van der Waals surface area contributed by atoms with Crippen molar-refractivity contribution in [1.29, 1.82) is 0 Å². The monoisotopic (exact) mass is 474 g/mol. The van der Waals surface area contributed by atoms with Gasteiger partial charge in [-0.1, -0.05) is 38.8 Å². The van der Waals surface area contributed by atoms with Crippen LogP contribution < -0.4 is 9.47 Å². The molecule has 0 aliphatic carbocycles. The number of amides is 2. The Bertz CT molecular complexity index is 854. The van der Waals surface area contributed by atoms with Crippen LogP contribution in [0.15, 0.2) is 35.7 Å². The van der Waals surface area contributed by atoms with Gasteiger partial charge >= 0.3 is 0 Å². The van der Waals surface area contributed by atoms with Gasteiger partial charge in [0.05, 0.1) is 27.3 Å². The lowest BCUT2D eigenvalue weighted by Gasteiger charge is -2.28. The maximum Gasteiger partial charge on any atom is 0.242 e. The number of rotatable bonds is 15. The topological polar surface area (TPSA) is 59.1 Å². The molecule has 0 spiro atoms. The van der Waals surface area contributed by atoms with Crippen LogP contribution in [-0.4, -0.2) is 55.5 Å². The van der Waals surface area contributed by atoms with Crippen LogP contribution in [0.2, 0.25) is 0 Å². The summed E-state index contributed by atoms with van der Waals surface area (Å²) in [5, 5.41) is 2.02. The van der Waals surface area contributed by atoms with E-state index in [4.69, 9.17) is 9.47 Å². The van der Waals surface area contributed by atoms with E-state index < -0.39 is 0 Å². The summed E-state index contributed by atoms with van der Waals surface area (Å²) in [5.74, 6) is 1.43. The van der Waals surface area contributed by atoms with Crippen LogP contribution in [0.3, 0.4) is 0 Å². The first-order valence-corrected chi connectivity index (χ1v) is 12.7. The third kappa shape index (κ3) is 8.72. The van der Waals surface area contributed by atoms with E-state index in [0.29, 0.717) is 44.0 Å². The van der Waals surface area contributed by atoms with Gasteiger partial charge in [0.25, 0.3) is 0 Å². The molecule has 1 heterocycles. The van der Waals surface area contributed by atoms with Crippen molar-refractivity contribution in [3.8, 4) is 11.5 Å². The second-order valence-corrected chi connectivity index (χ2v) is 9.14. The Morgan fingerprint density at radius 2 is 1.67 bits per heavy atom. The van der Waals surface area contributed by atoms with Crippen LogP contribution in [0, 0.1) is 0 Å². The van der Waals surface area contributed by atoms with E-state index in [1.54, 1.807) is 30.5 Å². The van der Waals surface area contributed by atoms with Crippen LogP contribution in [-0.2, 0) is 22.6 Å². The van der Waals surface area contributed by atoms with E-state index >= 15 is 0 Å². The average Bonchev–Trinajstić information content (AvgIpc) is 3.35. The van der Waals surface area contributed by atoms with Crippen molar-refractivity contribution in [3.05, 3.63) is 46.2 Å². The van der Waals surface area contributed by atoms with Crippen LogP contribution in [0.1, 0.15) is 56.4 Å². The van der Waals surface area contributed by atoms with E-state index in [0.717, 1.165) is 36.1 Å². The van der Waals surface area contributed by atoms with E-state index in [1.165, 1.54) is 0 Å². The number of methoxy groups -OCH3 is 2. The second-order valence-electron chi connectivity index (χ2n) is 8.11. The molecule has 2 rings (SSSR count). The molecule has 0 radical (unpaired) electrons. The van der Waals surface area contributed by atoms with Crippen LogP contribution >= 0.6 is 11.3 Å². The summed E-state index contributed by atoms with van der Waals surface area (Å²) in [6.45, 7) is 6.06. The van der Waals surface area contributed by atoms with Gasteiger partial charge in [-0.3, -0.25) is 9.59 Å². The van der Waals surface area contributed by atoms with Gasteiger partial charge < -0.3 is 19.3 Å². The molecule has 1 aromatic heterocycles. The number of carbonyl (C=O) groups excluding carboxylic acids is 2. The van der Waals surface area contributed by atoms with Gasteiger partial charge in [-0.15, -0.1) is 11.3 Å². The van der Waals surface area contributed by atoms with Crippen molar-refractivity contribution in [3.63, 3.8) is 0 Å². The lowest BCUT2D eigenvalue weighted by Crippen LogP contribution is -2.43. The fourth-order valence-corrected chi connectivity index (χ4v) is 4.29. The molecule has 182 valence electrons. The summed E-state index contributed by atoms with van der Waals surface area (Å²) in [6, 6.07) is 9.88. The van der Waals surface area contributed by atoms with E-state index in [2.05, 4.69) is 13.8 Å². The molecule has 6 nitrogen and oxygen atoms in total. The highest BCUT2D eigenvalue weighted by atomic mass is 32.1. The number of benzene rings is 1. The van der Waals surface area contributed by atoms with Crippen molar-refractivity contribution in [2.24, 2.45) is 0 Å². The molecule has 0 fully saturated rings. The fraction of sp³-hybridized carbons (Fsp3) is 0.538. The predicted octanol–water partition coefficient (Wildman–Crippen LogP) is 5.16. The smallest absolute Gasteiger partial charge is 0.242 e. The quantitative estimate of drug-likeness (QED) is 0.358. The molecule has 1 aromatic carbocycles. The number of hydrogen-bond acceptors (Lipinski definition) is 5. The number of unbranched alkanes of at least 4 members (excludes halogenated alkanes) is 2. The summed E-state index contributed by atoms with van der Waals surface area (Å²) in [4.78, 5) is 30.8. The average molecular weight is 475 g/mol. The minimum atomic E-state index is -0.00942. The van der Waals surface area contributed by atoms with Crippen molar-refractivity contribution in [1.82, 2.24) is 9.80 Å². The number of nitrogens with zero attached hydrogens (tertiary/aromatic N) is 2. The standard InChI is InChI=1S/C26H38N2O4S/c1-5-7-11-25(29)27(15-8-6-2)20-26(30)28(19-22-10-9-17-33-22)16-14-21-12-13-23(31-3)24(18-21)32-4/h9-10,12-13,17-18H,5-8,11,14-16,19-20H2,1-4H3. The lowest BCUT2D eigenvalue weighted by atomic mass is 10.1. The Morgan fingerprint density at radius 1 is 0.909 bits per heavy atom. The van der Waals surface area contributed by atoms with Gasteiger partial charge in [-0.2, -0.15) is 0 Å². The molecule has 0 N–H and O–H groups in total. The molecule has 0 atom stereocenters. The van der Waals surface area contributed by atoms with Crippen LogP contribution in [0.25, 0.3) is 0 Å². The van der Waals surface area contributed by atoms with Gasteiger partial charge in [0.1, 0.15) is 0 Å². The molecule has 33 heavy (non-hydrogen) atoms. The molecule has 0 aliphatic heterocycles. The second kappa shape index (κ2) is 14.6. The molecular weight excluding hydrogens is 436 g/mol. The zero-order valence-electron chi connectivity index (χ0n) is 20.5. The van der Waals surface area contributed by atoms with Crippen molar-refractivity contribution < 1.29 is 19.1 Å². The largest absolute Gasteiger partial charge is 0.493 e. The highest BCUT2D eigenvalue weighted by Gasteiger charge is 2.21. The lowest BCUT2D eigenvalue weighted by molar-refractivity contribution is -0.141. The number of thiophene rings is 1. The van der Waals surface area contributed by atoms with Crippen molar-refractivity contribution >= 4 is 23.2 Å². The third-order valence-corrected chi connectivity index (χ3v) is 6.46. The SMILES string of the molecule is CCCCC(=O)N(CCCC)CC(=O)N(CCc1ccc(OC)c(OC)c1)Cc1cccs1. The Kier molecular flexibility index (Phi) is 11.8. The molecule has 0 bridgehead atoms. The summed E-state index contributed by atoms with van der Waals surface area (Å²) >= 11 is 1.64. The van der Waals surface area contributed by atoms with E-state index in [9.17, 15) is 9.59 Å². The van der Waals surface area contributed by atoms with Gasteiger partial charge in [0.15, 0.2) is 11.5 Å². The summed E-state index contributed by atoms with van der Waals surface area (Å²) in [7, 11) is 3.24. The number of hydrogen-bond donors (Lipinski definition) is 0. The Labute approximate surface area is 202 Å². The summed E-state index contributed by atoms with van der Waals surface area (Å²) < 4.78 is 10.7. The third-order valence-electron chi connectivity index (χ3n) is 5.60. The molecule has 0 aliphatic rings. The zero-order valence-corrected chi connectivity index (χ0v) is 21.3. The first kappa shape index (κ1) is 26.7. The summed E-state index contributed by atoms with van der Waals surface area (Å²) in [6.07, 6.45) is 4.91. The molecule has 7 heteroatoms. The first-order valence-electron chi connectivity index (χ1n) is 11.8. The molecule has 0 saturated heterocycles. The van der Waals surface area contributed by atoms with Gasteiger partial charge in [-0.25, -0.2) is 0 Å². The first-order chi connectivity index (χ1) is 16.0. The molecule has 2 aromatic rings. The maximum atomic E-state index is 13.4. The minimum Gasteiger partial charge on any atom is -0.493 e. The Balaban J connectivity index is 2.12. The van der Waals surface area contributed by atoms with Crippen molar-refractivity contribution in [2.45, 2.75) is 58.9 Å². The van der Waals surface area contributed by atoms with Crippen LogP contribution in [0.4, 0.5) is 0 Å². The number of ether oxygens (including phenoxy) is 2. The van der Waals surface area contributed by atoms with Gasteiger partial charge in [0, 0.05) is 24.4 Å². The maximum absolute atomic E-state index is 13.4. The fourth-order valence-electron chi connectivity index (χ4n) is 3.57. The van der Waals surface area contributed by atoms with E-state index in [-0.39, 0.29) is 18.4 Å². The van der Waals surface area contributed by atoms with Crippen LogP contribution in [0.5, 0.6) is 11.5 Å². The molecule has 2 amide bonds. The number of carbonyl (C=O) groups is 2. The van der Waals surface area contributed by atoms with Gasteiger partial charge in [0.2, 0.25) is 11.8 Å². The normalized spacial score (nSPS) is 10.7. The highest BCUT2D eigenvalue weighted by Crippen LogP contribution is 2.28. The Morgan fingerprint density at radius 3 is 2.30 bits per heavy atom. The van der Waals surface area contributed by atoms with Crippen molar-refractivity contribution in [2.75, 3.05) is 33.9 Å².